The van der Waals surface area contributed by atoms with Gasteiger partial charge in [-0.1, -0.05) is 18.2 Å². The Morgan fingerprint density at radius 1 is 1.03 bits per heavy atom. The molecule has 0 heterocycles. The van der Waals surface area contributed by atoms with Crippen LogP contribution in [-0.2, 0) is 14.8 Å². The highest BCUT2D eigenvalue weighted by molar-refractivity contribution is 7.92. The molecule has 0 spiro atoms. The summed E-state index contributed by atoms with van der Waals surface area (Å²) < 4.78 is 33.3. The first-order valence-corrected chi connectivity index (χ1v) is 10.9. The molecule has 0 radical (unpaired) electrons. The Bertz CT molecular complexity index is 1250. The number of anilines is 2. The maximum absolute atomic E-state index is 12.7. The van der Waals surface area contributed by atoms with E-state index in [4.69, 9.17) is 10.00 Å². The lowest BCUT2D eigenvalue weighted by Gasteiger charge is -2.12. The number of nitrogens with zero attached hydrogens (tertiary/aromatic N) is 1. The Morgan fingerprint density at radius 3 is 2.48 bits per heavy atom. The number of ether oxygens (including phenoxy) is 1. The number of hydrogen-bond acceptors (Lipinski definition) is 5. The Morgan fingerprint density at radius 2 is 1.77 bits per heavy atom. The van der Waals surface area contributed by atoms with Crippen LogP contribution in [0.2, 0.25) is 0 Å². The van der Waals surface area contributed by atoms with Gasteiger partial charge in [0.1, 0.15) is 5.75 Å². The lowest BCUT2D eigenvalue weighted by atomic mass is 10.1. The fourth-order valence-electron chi connectivity index (χ4n) is 2.78. The molecule has 0 unspecified atom stereocenters. The molecule has 0 aliphatic rings. The van der Waals surface area contributed by atoms with Gasteiger partial charge in [-0.2, -0.15) is 5.26 Å². The van der Waals surface area contributed by atoms with Gasteiger partial charge in [-0.25, -0.2) is 8.42 Å². The van der Waals surface area contributed by atoms with Gasteiger partial charge in [0.05, 0.1) is 22.2 Å². The molecule has 7 nitrogen and oxygen atoms in total. The SMILES string of the molecule is Cc1ccc(C)c(NS(=O)(=O)c2ccc(OCC(=O)Nc3cccc(C#N)c3)cc2)c1. The first kappa shape index (κ1) is 21.9. The summed E-state index contributed by atoms with van der Waals surface area (Å²) in [5.74, 6) is -0.0463. The fourth-order valence-corrected chi connectivity index (χ4v) is 3.90. The third-order valence-electron chi connectivity index (χ3n) is 4.42. The second-order valence-corrected chi connectivity index (χ2v) is 8.61. The number of benzene rings is 3. The van der Waals surface area contributed by atoms with Crippen molar-refractivity contribution < 1.29 is 17.9 Å². The molecule has 158 valence electrons. The maximum Gasteiger partial charge on any atom is 0.262 e. The summed E-state index contributed by atoms with van der Waals surface area (Å²) in [5.41, 5.74) is 3.22. The van der Waals surface area contributed by atoms with Crippen LogP contribution < -0.4 is 14.8 Å². The maximum atomic E-state index is 12.7. The molecule has 0 bridgehead atoms. The topological polar surface area (TPSA) is 108 Å². The van der Waals surface area contributed by atoms with Crippen LogP contribution in [-0.4, -0.2) is 20.9 Å². The molecular weight excluding hydrogens is 414 g/mol. The van der Waals surface area contributed by atoms with Crippen molar-refractivity contribution in [2.45, 2.75) is 18.7 Å². The molecule has 0 atom stereocenters. The van der Waals surface area contributed by atoms with Crippen LogP contribution >= 0.6 is 0 Å². The predicted molar refractivity (Wildman–Crippen MR) is 118 cm³/mol. The average molecular weight is 436 g/mol. The first-order chi connectivity index (χ1) is 14.8. The standard InChI is InChI=1S/C23H21N3O4S/c1-16-6-7-17(2)22(12-16)26-31(28,29)21-10-8-20(9-11-21)30-15-23(27)25-19-5-3-4-18(13-19)14-24/h3-13,26H,15H2,1-2H3,(H,25,27). The molecule has 2 N–H and O–H groups in total. The Balaban J connectivity index is 1.61. The average Bonchev–Trinajstić information content (AvgIpc) is 2.75. The molecule has 8 heteroatoms. The third kappa shape index (κ3) is 5.84. The summed E-state index contributed by atoms with van der Waals surface area (Å²) in [7, 11) is -3.76. The van der Waals surface area contributed by atoms with Crippen molar-refractivity contribution in [3.8, 4) is 11.8 Å². The minimum Gasteiger partial charge on any atom is -0.484 e. The summed E-state index contributed by atoms with van der Waals surface area (Å²) in [5, 5.41) is 11.5. The van der Waals surface area contributed by atoms with Crippen LogP contribution in [0.5, 0.6) is 5.75 Å². The van der Waals surface area contributed by atoms with Gasteiger partial charge in [0, 0.05) is 5.69 Å². The number of nitriles is 1. The zero-order valence-corrected chi connectivity index (χ0v) is 17.9. The predicted octanol–water partition coefficient (Wildman–Crippen LogP) is 3.99. The van der Waals surface area contributed by atoms with Crippen LogP contribution in [0.3, 0.4) is 0 Å². The molecule has 0 aliphatic heterocycles. The van der Waals surface area contributed by atoms with Gasteiger partial charge in [0.2, 0.25) is 0 Å². The van der Waals surface area contributed by atoms with Gasteiger partial charge >= 0.3 is 0 Å². The van der Waals surface area contributed by atoms with Gasteiger partial charge in [0.15, 0.2) is 6.61 Å². The molecule has 0 fully saturated rings. The van der Waals surface area contributed by atoms with Crippen LogP contribution in [0.1, 0.15) is 16.7 Å². The van der Waals surface area contributed by atoms with E-state index in [-0.39, 0.29) is 11.5 Å². The van der Waals surface area contributed by atoms with Gasteiger partial charge < -0.3 is 10.1 Å². The minimum absolute atomic E-state index is 0.0820. The molecule has 0 saturated carbocycles. The van der Waals surface area contributed by atoms with Gasteiger partial charge in [0.25, 0.3) is 15.9 Å². The largest absolute Gasteiger partial charge is 0.484 e. The fraction of sp³-hybridized carbons (Fsp3) is 0.130. The second-order valence-electron chi connectivity index (χ2n) is 6.92. The summed E-state index contributed by atoms with van der Waals surface area (Å²) in [4.78, 5) is 12.1. The quantitative estimate of drug-likeness (QED) is 0.583. The normalized spacial score (nSPS) is 10.7. The van der Waals surface area contributed by atoms with Gasteiger partial charge in [-0.15, -0.1) is 0 Å². The van der Waals surface area contributed by atoms with E-state index in [0.29, 0.717) is 22.7 Å². The van der Waals surface area contributed by atoms with Crippen molar-refractivity contribution in [3.63, 3.8) is 0 Å². The molecule has 3 rings (SSSR count). The molecule has 3 aromatic carbocycles. The molecule has 1 amide bonds. The van der Waals surface area contributed by atoms with Gasteiger partial charge in [-0.3, -0.25) is 9.52 Å². The lowest BCUT2D eigenvalue weighted by Crippen LogP contribution is -2.20. The zero-order chi connectivity index (χ0) is 22.4. The number of hydrogen-bond donors (Lipinski definition) is 2. The molecular formula is C23H21N3O4S. The van der Waals surface area contributed by atoms with Crippen molar-refractivity contribution in [2.75, 3.05) is 16.6 Å². The number of rotatable bonds is 7. The van der Waals surface area contributed by atoms with Crippen molar-refractivity contribution in [2.24, 2.45) is 0 Å². The van der Waals surface area contributed by atoms with Crippen molar-refractivity contribution in [1.82, 2.24) is 0 Å². The van der Waals surface area contributed by atoms with Crippen molar-refractivity contribution >= 4 is 27.3 Å². The third-order valence-corrected chi connectivity index (χ3v) is 5.80. The highest BCUT2D eigenvalue weighted by Crippen LogP contribution is 2.22. The number of amides is 1. The van der Waals surface area contributed by atoms with Gasteiger partial charge in [-0.05, 0) is 73.5 Å². The van der Waals surface area contributed by atoms with Crippen LogP contribution in [0.15, 0.2) is 71.6 Å². The van der Waals surface area contributed by atoms with E-state index in [2.05, 4.69) is 10.0 Å². The summed E-state index contributed by atoms with van der Waals surface area (Å²) in [6.45, 7) is 3.46. The number of carbonyl (C=O) groups excluding carboxylic acids is 1. The van der Waals surface area contributed by atoms with Crippen LogP contribution in [0, 0.1) is 25.2 Å². The Hall–Kier alpha value is -3.83. The summed E-state index contributed by atoms with van der Waals surface area (Å²) >= 11 is 0. The zero-order valence-electron chi connectivity index (χ0n) is 17.0. The highest BCUT2D eigenvalue weighted by atomic mass is 32.2. The molecule has 0 aliphatic carbocycles. The lowest BCUT2D eigenvalue weighted by molar-refractivity contribution is -0.118. The molecule has 0 aromatic heterocycles. The van der Waals surface area contributed by atoms with Crippen molar-refractivity contribution in [3.05, 3.63) is 83.4 Å². The Kier molecular flexibility index (Phi) is 6.58. The van der Waals surface area contributed by atoms with E-state index < -0.39 is 15.9 Å². The number of sulfonamides is 1. The number of carbonyl (C=O) groups is 1. The minimum atomic E-state index is -3.76. The molecule has 0 saturated heterocycles. The summed E-state index contributed by atoms with van der Waals surface area (Å²) in [6, 6.07) is 19.9. The Labute approximate surface area is 181 Å². The molecule has 31 heavy (non-hydrogen) atoms. The van der Waals surface area contributed by atoms with E-state index in [9.17, 15) is 13.2 Å². The van der Waals surface area contributed by atoms with E-state index >= 15 is 0 Å². The highest BCUT2D eigenvalue weighted by Gasteiger charge is 2.15. The smallest absolute Gasteiger partial charge is 0.262 e. The second kappa shape index (κ2) is 9.32. The van der Waals surface area contributed by atoms with E-state index in [1.165, 1.54) is 24.3 Å². The molecule has 3 aromatic rings. The van der Waals surface area contributed by atoms with E-state index in [1.807, 2.05) is 32.0 Å². The number of nitrogens with one attached hydrogen (secondary N) is 2. The van der Waals surface area contributed by atoms with Crippen molar-refractivity contribution in [1.29, 1.82) is 5.26 Å². The number of aryl methyl sites for hydroxylation is 2. The van der Waals surface area contributed by atoms with E-state index in [1.54, 1.807) is 30.3 Å². The first-order valence-electron chi connectivity index (χ1n) is 9.40. The monoisotopic (exact) mass is 435 g/mol. The van der Waals surface area contributed by atoms with Crippen LogP contribution in [0.25, 0.3) is 0 Å². The van der Waals surface area contributed by atoms with Crippen LogP contribution in [0.4, 0.5) is 11.4 Å². The summed E-state index contributed by atoms with van der Waals surface area (Å²) in [6.07, 6.45) is 0. The van der Waals surface area contributed by atoms with E-state index in [0.717, 1.165) is 11.1 Å².